The molecule has 6 heteroatoms. The maximum absolute atomic E-state index is 10.6. The van der Waals surface area contributed by atoms with E-state index in [4.69, 9.17) is 4.55 Å². The van der Waals surface area contributed by atoms with Crippen molar-refractivity contribution in [3.63, 3.8) is 0 Å². The summed E-state index contributed by atoms with van der Waals surface area (Å²) in [5, 5.41) is 2.23. The Kier molecular flexibility index (Phi) is 3.49. The highest BCUT2D eigenvalue weighted by Crippen LogP contribution is 2.12. The number of aldehydes is 1. The molecule has 74 valence electrons. The van der Waals surface area contributed by atoms with Gasteiger partial charge in [-0.15, -0.1) is 0 Å². The van der Waals surface area contributed by atoms with Gasteiger partial charge in [-0.05, 0) is 18.2 Å². The van der Waals surface area contributed by atoms with Gasteiger partial charge in [-0.25, -0.2) is 4.21 Å². The minimum atomic E-state index is -2.10. The average molecular weight is 213 g/mol. The van der Waals surface area contributed by atoms with E-state index in [-0.39, 0.29) is 11.2 Å². The van der Waals surface area contributed by atoms with Crippen LogP contribution < -0.4 is 5.32 Å². The summed E-state index contributed by atoms with van der Waals surface area (Å²) >= 11 is -2.10. The van der Waals surface area contributed by atoms with Crippen LogP contribution in [0.15, 0.2) is 29.2 Å². The Balaban J connectivity index is 2.88. The molecular weight excluding hydrogens is 206 g/mol. The van der Waals surface area contributed by atoms with E-state index >= 15 is 0 Å². The smallest absolute Gasteiger partial charge is 0.288 e. The fraction of sp³-hybridized carbons (Fsp3) is 0. The van der Waals surface area contributed by atoms with Crippen LogP contribution in [0.2, 0.25) is 0 Å². The van der Waals surface area contributed by atoms with Crippen molar-refractivity contribution in [3.8, 4) is 0 Å². The van der Waals surface area contributed by atoms with Gasteiger partial charge in [0, 0.05) is 5.69 Å². The quantitative estimate of drug-likeness (QED) is 0.432. The summed E-state index contributed by atoms with van der Waals surface area (Å²) in [6.45, 7) is 0. The highest BCUT2D eigenvalue weighted by molar-refractivity contribution is 7.79. The molecule has 1 amide bonds. The minimum Gasteiger partial charge on any atom is -0.320 e. The second-order valence-electron chi connectivity index (χ2n) is 2.38. The third-order valence-electron chi connectivity index (χ3n) is 1.41. The zero-order chi connectivity index (χ0) is 10.6. The van der Waals surface area contributed by atoms with Gasteiger partial charge in [-0.2, -0.15) is 0 Å². The van der Waals surface area contributed by atoms with E-state index in [1.807, 2.05) is 0 Å². The van der Waals surface area contributed by atoms with E-state index in [0.717, 1.165) is 0 Å². The molecule has 1 aromatic carbocycles. The van der Waals surface area contributed by atoms with Crippen LogP contribution in [0.1, 0.15) is 0 Å². The van der Waals surface area contributed by atoms with Gasteiger partial charge in [0.05, 0.1) is 4.90 Å². The number of amides is 1. The Bertz CT molecular complexity index is 391. The van der Waals surface area contributed by atoms with Crippen LogP contribution in [0.4, 0.5) is 5.69 Å². The zero-order valence-corrected chi connectivity index (χ0v) is 7.78. The first-order valence-electron chi connectivity index (χ1n) is 3.60. The molecule has 0 saturated heterocycles. The predicted octanol–water partition coefficient (Wildman–Crippen LogP) is 0.405. The van der Waals surface area contributed by atoms with E-state index in [1.165, 1.54) is 24.3 Å². The first-order chi connectivity index (χ1) is 6.63. The van der Waals surface area contributed by atoms with Crippen LogP contribution in [0.25, 0.3) is 0 Å². The van der Waals surface area contributed by atoms with Crippen LogP contribution in [0.3, 0.4) is 0 Å². The van der Waals surface area contributed by atoms with Crippen LogP contribution in [0.5, 0.6) is 0 Å². The molecule has 1 atom stereocenters. The van der Waals surface area contributed by atoms with Crippen LogP contribution in [-0.2, 0) is 20.7 Å². The number of hydrogen-bond donors (Lipinski definition) is 2. The first-order valence-corrected chi connectivity index (χ1v) is 4.71. The van der Waals surface area contributed by atoms with Crippen LogP contribution in [0, 0.1) is 0 Å². The highest BCUT2D eigenvalue weighted by Gasteiger charge is 2.03. The van der Waals surface area contributed by atoms with Gasteiger partial charge in [-0.1, -0.05) is 6.07 Å². The molecule has 0 aliphatic heterocycles. The number of carbonyl (C=O) groups is 2. The Hall–Kier alpha value is -1.53. The summed E-state index contributed by atoms with van der Waals surface area (Å²) in [6, 6.07) is 5.77. The summed E-state index contributed by atoms with van der Waals surface area (Å²) in [7, 11) is 0. The molecule has 0 fully saturated rings. The van der Waals surface area contributed by atoms with Crippen molar-refractivity contribution in [1.82, 2.24) is 0 Å². The monoisotopic (exact) mass is 213 g/mol. The topological polar surface area (TPSA) is 83.5 Å². The van der Waals surface area contributed by atoms with E-state index in [1.54, 1.807) is 0 Å². The molecule has 0 spiro atoms. The molecule has 2 N–H and O–H groups in total. The normalized spacial score (nSPS) is 11.8. The molecule has 0 saturated carbocycles. The van der Waals surface area contributed by atoms with E-state index in [0.29, 0.717) is 5.69 Å². The lowest BCUT2D eigenvalue weighted by atomic mass is 10.3. The van der Waals surface area contributed by atoms with E-state index in [9.17, 15) is 13.8 Å². The number of carbonyl (C=O) groups excluding carboxylic acids is 2. The maximum Gasteiger partial charge on any atom is 0.288 e. The number of anilines is 1. The van der Waals surface area contributed by atoms with Gasteiger partial charge in [0.25, 0.3) is 5.91 Å². The van der Waals surface area contributed by atoms with Crippen molar-refractivity contribution < 1.29 is 18.4 Å². The SMILES string of the molecule is O=CC(=O)Nc1cccc(S(=O)O)c1. The summed E-state index contributed by atoms with van der Waals surface area (Å²) in [4.78, 5) is 20.8. The lowest BCUT2D eigenvalue weighted by Gasteiger charge is -2.01. The molecule has 0 heterocycles. The summed E-state index contributed by atoms with van der Waals surface area (Å²) < 4.78 is 19.4. The van der Waals surface area contributed by atoms with Gasteiger partial charge >= 0.3 is 0 Å². The number of nitrogens with one attached hydrogen (secondary N) is 1. The number of hydrogen-bond acceptors (Lipinski definition) is 3. The minimum absolute atomic E-state index is 0.128. The Morgan fingerprint density at radius 2 is 2.21 bits per heavy atom. The van der Waals surface area contributed by atoms with Gasteiger partial charge in [-0.3, -0.25) is 9.59 Å². The fourth-order valence-corrected chi connectivity index (χ4v) is 1.28. The molecule has 0 aliphatic rings. The second kappa shape index (κ2) is 4.64. The van der Waals surface area contributed by atoms with Gasteiger partial charge in [0.15, 0.2) is 11.1 Å². The molecule has 5 nitrogen and oxygen atoms in total. The van der Waals surface area contributed by atoms with E-state index < -0.39 is 17.0 Å². The van der Waals surface area contributed by atoms with Gasteiger partial charge in [0.1, 0.15) is 0 Å². The lowest BCUT2D eigenvalue weighted by Crippen LogP contribution is -2.12. The zero-order valence-electron chi connectivity index (χ0n) is 6.97. The van der Waals surface area contributed by atoms with Crippen LogP contribution in [-0.4, -0.2) is 21.0 Å². The average Bonchev–Trinajstić information content (AvgIpc) is 2.18. The van der Waals surface area contributed by atoms with Crippen molar-refractivity contribution >= 4 is 29.0 Å². The third kappa shape index (κ3) is 2.75. The van der Waals surface area contributed by atoms with Crippen molar-refractivity contribution in [3.05, 3.63) is 24.3 Å². The van der Waals surface area contributed by atoms with Crippen LogP contribution >= 0.6 is 0 Å². The Morgan fingerprint density at radius 3 is 2.79 bits per heavy atom. The highest BCUT2D eigenvalue weighted by atomic mass is 32.2. The second-order valence-corrected chi connectivity index (χ2v) is 3.35. The molecule has 1 rings (SSSR count). The molecule has 0 bridgehead atoms. The van der Waals surface area contributed by atoms with E-state index in [2.05, 4.69) is 5.32 Å². The molecular formula is C8H7NO4S. The summed E-state index contributed by atoms with van der Waals surface area (Å²) in [6.07, 6.45) is 0.128. The van der Waals surface area contributed by atoms with Gasteiger partial charge in [0.2, 0.25) is 6.29 Å². The number of rotatable bonds is 3. The predicted molar refractivity (Wildman–Crippen MR) is 50.2 cm³/mol. The molecule has 1 unspecified atom stereocenters. The largest absolute Gasteiger partial charge is 0.320 e. The fourth-order valence-electron chi connectivity index (χ4n) is 0.854. The summed E-state index contributed by atoms with van der Waals surface area (Å²) in [5.74, 6) is -0.800. The first kappa shape index (κ1) is 10.6. The molecule has 14 heavy (non-hydrogen) atoms. The van der Waals surface area contributed by atoms with Gasteiger partial charge < -0.3 is 9.87 Å². The molecule has 0 aromatic heterocycles. The van der Waals surface area contributed by atoms with Crippen molar-refractivity contribution in [2.24, 2.45) is 0 Å². The maximum atomic E-state index is 10.6. The molecule has 0 radical (unpaired) electrons. The standard InChI is InChI=1S/C8H7NO4S/c10-5-8(11)9-6-2-1-3-7(4-6)14(12)13/h1-5H,(H,9,11)(H,12,13). The Morgan fingerprint density at radius 1 is 1.50 bits per heavy atom. The number of benzene rings is 1. The third-order valence-corrected chi connectivity index (χ3v) is 2.07. The molecule has 0 aliphatic carbocycles. The molecule has 1 aromatic rings. The van der Waals surface area contributed by atoms with Crippen molar-refractivity contribution in [1.29, 1.82) is 0 Å². The lowest BCUT2D eigenvalue weighted by molar-refractivity contribution is -0.127. The van der Waals surface area contributed by atoms with Crippen molar-refractivity contribution in [2.45, 2.75) is 4.90 Å². The Labute approximate surface area is 82.4 Å². The summed E-state index contributed by atoms with van der Waals surface area (Å²) in [5.41, 5.74) is 0.307. The van der Waals surface area contributed by atoms with Crippen molar-refractivity contribution in [2.75, 3.05) is 5.32 Å².